The number of amides is 1. The average molecular weight is 381 g/mol. The Morgan fingerprint density at radius 3 is 2.44 bits per heavy atom. The molecule has 0 radical (unpaired) electrons. The van der Waals surface area contributed by atoms with E-state index >= 15 is 0 Å². The van der Waals surface area contributed by atoms with E-state index in [1.165, 1.54) is 13.0 Å². The number of hydrogen-bond donors (Lipinski definition) is 1. The molecule has 0 aliphatic carbocycles. The topological polar surface area (TPSA) is 72.5 Å². The standard InChI is InChI=1S/C21H19NO4S/c1-13(16-9-5-7-15-6-3-4-8-17(15)16)22-20(24)12-26-21(25)19-11-10-18(27-19)14(2)23/h3-11,13H,12H2,1-2H3,(H,22,24). The lowest BCUT2D eigenvalue weighted by atomic mass is 10.00. The van der Waals surface area contributed by atoms with E-state index in [0.717, 1.165) is 27.7 Å². The van der Waals surface area contributed by atoms with Gasteiger partial charge in [-0.15, -0.1) is 11.3 Å². The molecule has 0 fully saturated rings. The molecule has 0 bridgehead atoms. The summed E-state index contributed by atoms with van der Waals surface area (Å²) in [5.74, 6) is -1.10. The van der Waals surface area contributed by atoms with E-state index in [0.29, 0.717) is 9.75 Å². The second kappa shape index (κ2) is 8.14. The fraction of sp³-hybridized carbons (Fsp3) is 0.190. The highest BCUT2D eigenvalue weighted by Crippen LogP contribution is 2.24. The number of rotatable bonds is 6. The molecule has 1 atom stereocenters. The molecule has 0 aliphatic heterocycles. The number of nitrogens with one attached hydrogen (secondary N) is 1. The third kappa shape index (κ3) is 4.41. The first-order valence-corrected chi connectivity index (χ1v) is 9.32. The highest BCUT2D eigenvalue weighted by Gasteiger charge is 2.16. The summed E-state index contributed by atoms with van der Waals surface area (Å²) in [6.07, 6.45) is 0. The van der Waals surface area contributed by atoms with E-state index in [2.05, 4.69) is 5.32 Å². The molecule has 5 nitrogen and oxygen atoms in total. The zero-order valence-corrected chi connectivity index (χ0v) is 15.8. The Balaban J connectivity index is 1.60. The van der Waals surface area contributed by atoms with Crippen molar-refractivity contribution in [1.29, 1.82) is 0 Å². The zero-order chi connectivity index (χ0) is 19.4. The minimum Gasteiger partial charge on any atom is -0.451 e. The number of benzene rings is 2. The van der Waals surface area contributed by atoms with Crippen molar-refractivity contribution in [3.8, 4) is 0 Å². The Kier molecular flexibility index (Phi) is 5.66. The van der Waals surface area contributed by atoms with Gasteiger partial charge in [0.05, 0.1) is 10.9 Å². The number of esters is 1. The van der Waals surface area contributed by atoms with Crippen LogP contribution >= 0.6 is 11.3 Å². The summed E-state index contributed by atoms with van der Waals surface area (Å²) in [7, 11) is 0. The Morgan fingerprint density at radius 2 is 1.70 bits per heavy atom. The molecule has 6 heteroatoms. The SMILES string of the molecule is CC(=O)c1ccc(C(=O)OCC(=O)NC(C)c2cccc3ccccc23)s1. The molecule has 2 aromatic carbocycles. The molecule has 27 heavy (non-hydrogen) atoms. The first-order chi connectivity index (χ1) is 13.0. The lowest BCUT2D eigenvalue weighted by Crippen LogP contribution is -2.31. The van der Waals surface area contributed by atoms with Crippen LogP contribution in [0, 0.1) is 0 Å². The molecular formula is C21H19NO4S. The second-order valence-corrected chi connectivity index (χ2v) is 7.24. The van der Waals surface area contributed by atoms with Gasteiger partial charge in [-0.3, -0.25) is 9.59 Å². The quantitative estimate of drug-likeness (QED) is 0.515. The van der Waals surface area contributed by atoms with Crippen molar-refractivity contribution < 1.29 is 19.1 Å². The van der Waals surface area contributed by atoms with Crippen molar-refractivity contribution in [2.75, 3.05) is 6.61 Å². The van der Waals surface area contributed by atoms with Crippen LogP contribution in [-0.2, 0) is 9.53 Å². The van der Waals surface area contributed by atoms with Crippen LogP contribution in [0.1, 0.15) is 44.8 Å². The van der Waals surface area contributed by atoms with Crippen LogP contribution in [0.25, 0.3) is 10.8 Å². The lowest BCUT2D eigenvalue weighted by Gasteiger charge is -2.16. The van der Waals surface area contributed by atoms with E-state index < -0.39 is 5.97 Å². The molecule has 1 heterocycles. The first kappa shape index (κ1) is 18.8. The fourth-order valence-electron chi connectivity index (χ4n) is 2.83. The van der Waals surface area contributed by atoms with Crippen LogP contribution in [0.15, 0.2) is 54.6 Å². The summed E-state index contributed by atoms with van der Waals surface area (Å²) in [4.78, 5) is 36.3. The predicted octanol–water partition coefficient (Wildman–Crippen LogP) is 4.14. The summed E-state index contributed by atoms with van der Waals surface area (Å²) in [6.45, 7) is 2.95. The summed E-state index contributed by atoms with van der Waals surface area (Å²) >= 11 is 1.06. The Bertz CT molecular complexity index is 1000. The van der Waals surface area contributed by atoms with Gasteiger partial charge in [0, 0.05) is 0 Å². The molecule has 3 rings (SSSR count). The number of ether oxygens (including phenoxy) is 1. The molecule has 1 unspecified atom stereocenters. The Morgan fingerprint density at radius 1 is 1.00 bits per heavy atom. The summed E-state index contributed by atoms with van der Waals surface area (Å²) in [5.41, 5.74) is 0.997. The van der Waals surface area contributed by atoms with Crippen molar-refractivity contribution >= 4 is 39.8 Å². The monoisotopic (exact) mass is 381 g/mol. The van der Waals surface area contributed by atoms with Crippen molar-refractivity contribution in [2.45, 2.75) is 19.9 Å². The number of ketones is 1. The molecule has 1 N–H and O–H groups in total. The lowest BCUT2D eigenvalue weighted by molar-refractivity contribution is -0.124. The minimum absolute atomic E-state index is 0.110. The molecule has 0 saturated heterocycles. The van der Waals surface area contributed by atoms with E-state index in [4.69, 9.17) is 4.74 Å². The number of fused-ring (bicyclic) bond motifs is 1. The van der Waals surface area contributed by atoms with Crippen molar-refractivity contribution in [3.63, 3.8) is 0 Å². The largest absolute Gasteiger partial charge is 0.451 e. The van der Waals surface area contributed by atoms with Crippen molar-refractivity contribution in [3.05, 3.63) is 69.9 Å². The molecule has 138 valence electrons. The average Bonchev–Trinajstić information content (AvgIpc) is 3.16. The van der Waals surface area contributed by atoms with Gasteiger partial charge in [0.15, 0.2) is 12.4 Å². The molecule has 0 spiro atoms. The summed E-state index contributed by atoms with van der Waals surface area (Å²) < 4.78 is 5.06. The van der Waals surface area contributed by atoms with E-state index in [9.17, 15) is 14.4 Å². The maximum atomic E-state index is 12.2. The Hall–Kier alpha value is -2.99. The number of hydrogen-bond acceptors (Lipinski definition) is 5. The molecule has 1 amide bonds. The van der Waals surface area contributed by atoms with Gasteiger partial charge in [-0.1, -0.05) is 42.5 Å². The molecule has 0 saturated carbocycles. The van der Waals surface area contributed by atoms with Crippen LogP contribution in [0.4, 0.5) is 0 Å². The third-order valence-corrected chi connectivity index (χ3v) is 5.32. The van der Waals surface area contributed by atoms with Crippen LogP contribution in [-0.4, -0.2) is 24.3 Å². The van der Waals surface area contributed by atoms with Crippen LogP contribution in [0.3, 0.4) is 0 Å². The van der Waals surface area contributed by atoms with E-state index in [-0.39, 0.29) is 24.3 Å². The molecular weight excluding hydrogens is 362 g/mol. The number of carbonyl (C=O) groups is 3. The number of Topliss-reactive ketones (excluding diaryl/α,β-unsaturated/α-hetero) is 1. The smallest absolute Gasteiger partial charge is 0.348 e. The summed E-state index contributed by atoms with van der Waals surface area (Å²) in [5, 5.41) is 5.02. The molecule has 0 aliphatic rings. The fourth-order valence-corrected chi connectivity index (χ4v) is 3.62. The first-order valence-electron chi connectivity index (χ1n) is 8.50. The maximum absolute atomic E-state index is 12.2. The van der Waals surface area contributed by atoms with E-state index in [1.807, 2.05) is 49.4 Å². The van der Waals surface area contributed by atoms with Gasteiger partial charge in [-0.25, -0.2) is 4.79 Å². The minimum atomic E-state index is -0.611. The maximum Gasteiger partial charge on any atom is 0.348 e. The van der Waals surface area contributed by atoms with Gasteiger partial charge >= 0.3 is 5.97 Å². The molecule has 3 aromatic rings. The van der Waals surface area contributed by atoms with Crippen LogP contribution in [0.2, 0.25) is 0 Å². The van der Waals surface area contributed by atoms with E-state index in [1.54, 1.807) is 6.07 Å². The van der Waals surface area contributed by atoms with Crippen LogP contribution in [0.5, 0.6) is 0 Å². The van der Waals surface area contributed by atoms with Crippen LogP contribution < -0.4 is 5.32 Å². The zero-order valence-electron chi connectivity index (χ0n) is 15.0. The summed E-state index contributed by atoms with van der Waals surface area (Å²) in [6, 6.07) is 16.8. The van der Waals surface area contributed by atoms with Crippen molar-refractivity contribution in [1.82, 2.24) is 5.32 Å². The van der Waals surface area contributed by atoms with Gasteiger partial charge in [-0.05, 0) is 42.3 Å². The van der Waals surface area contributed by atoms with Gasteiger partial charge in [0.25, 0.3) is 5.91 Å². The highest BCUT2D eigenvalue weighted by molar-refractivity contribution is 7.15. The normalized spacial score (nSPS) is 11.8. The van der Waals surface area contributed by atoms with Crippen molar-refractivity contribution in [2.24, 2.45) is 0 Å². The molecule has 1 aromatic heterocycles. The van der Waals surface area contributed by atoms with Gasteiger partial charge in [-0.2, -0.15) is 0 Å². The number of carbonyl (C=O) groups excluding carboxylic acids is 3. The second-order valence-electron chi connectivity index (χ2n) is 6.15. The Labute approximate surface area is 161 Å². The van der Waals surface area contributed by atoms with Gasteiger partial charge in [0.2, 0.25) is 0 Å². The highest BCUT2D eigenvalue weighted by atomic mass is 32.1. The predicted molar refractivity (Wildman–Crippen MR) is 105 cm³/mol. The van der Waals surface area contributed by atoms with Gasteiger partial charge < -0.3 is 10.1 Å². The third-order valence-electron chi connectivity index (χ3n) is 4.16. The number of thiophene rings is 1. The van der Waals surface area contributed by atoms with Gasteiger partial charge in [0.1, 0.15) is 4.88 Å².